The molecule has 1 aliphatic rings. The average molecular weight is 802 g/mol. The van der Waals surface area contributed by atoms with Gasteiger partial charge in [0.2, 0.25) is 0 Å². The minimum absolute atomic E-state index is 0.567. The van der Waals surface area contributed by atoms with E-state index in [4.69, 9.17) is 16.2 Å². The summed E-state index contributed by atoms with van der Waals surface area (Å²) in [5.41, 5.74) is 27.5. The SMILES string of the molecule is NC(OC(N)c1ccc(-n2c3ccccc3c3cc(-c4ccc5c(c4)c4ccccc4n5-c4ccc5c(c4)c4ccccc4n5-c4ccccc4)ccc32)cc1)C1=CCCC=C1. The van der Waals surface area contributed by atoms with Crippen LogP contribution >= 0.6 is 0 Å². The first-order chi connectivity index (χ1) is 30.6. The molecule has 4 N–H and O–H groups in total. The number of para-hydroxylation sites is 4. The lowest BCUT2D eigenvalue weighted by molar-refractivity contribution is 0.0147. The third-order valence-electron chi connectivity index (χ3n) is 12.7. The van der Waals surface area contributed by atoms with Gasteiger partial charge in [0.05, 0.1) is 33.1 Å². The summed E-state index contributed by atoms with van der Waals surface area (Å²) >= 11 is 0. The zero-order valence-electron chi connectivity index (χ0n) is 34.0. The Morgan fingerprint density at radius 2 is 0.839 bits per heavy atom. The van der Waals surface area contributed by atoms with Gasteiger partial charge in [-0.25, -0.2) is 0 Å². The standard InChI is InChI=1S/C56H43N5O/c57-55(36-13-3-1-4-14-36)62-56(58)37-23-27-41(28-24-37)60-49-20-10-7-17-43(49)46-33-38(25-30-52(46)60)39-26-31-53-47(34-39)44-18-8-12-22-51(44)61(53)42-29-32-54-48(35-42)45-19-9-11-21-50(45)59(54)40-15-5-2-6-16-40/h2-3,5-35,55-56H,1,4,57-58H2. The van der Waals surface area contributed by atoms with Gasteiger partial charge in [-0.3, -0.25) is 0 Å². The van der Waals surface area contributed by atoms with Crippen molar-refractivity contribution >= 4 is 65.4 Å². The Hall–Kier alpha value is -7.48. The summed E-state index contributed by atoms with van der Waals surface area (Å²) in [6, 6.07) is 65.8. The monoisotopic (exact) mass is 801 g/mol. The summed E-state index contributed by atoms with van der Waals surface area (Å²) in [5.74, 6) is 0. The van der Waals surface area contributed by atoms with Crippen molar-refractivity contribution < 1.29 is 4.74 Å². The first kappa shape index (κ1) is 36.4. The van der Waals surface area contributed by atoms with Gasteiger partial charge < -0.3 is 29.9 Å². The molecule has 11 aromatic rings. The number of hydrogen-bond acceptors (Lipinski definition) is 3. The molecule has 0 spiro atoms. The Bertz CT molecular complexity index is 3590. The lowest BCUT2D eigenvalue weighted by Crippen LogP contribution is -2.31. The molecule has 3 aromatic heterocycles. The predicted molar refractivity (Wildman–Crippen MR) is 257 cm³/mol. The lowest BCUT2D eigenvalue weighted by Gasteiger charge is -2.21. The van der Waals surface area contributed by atoms with Gasteiger partial charge in [-0.05, 0) is 120 Å². The number of rotatable bonds is 8. The van der Waals surface area contributed by atoms with Gasteiger partial charge in [0, 0.05) is 49.4 Å². The second kappa shape index (κ2) is 14.6. The molecule has 0 amide bonds. The molecule has 0 radical (unpaired) electrons. The third-order valence-corrected chi connectivity index (χ3v) is 12.7. The van der Waals surface area contributed by atoms with E-state index in [0.29, 0.717) is 0 Å². The first-order valence-electron chi connectivity index (χ1n) is 21.4. The number of nitrogens with two attached hydrogens (primary N) is 2. The molecule has 12 rings (SSSR count). The molecule has 8 aromatic carbocycles. The van der Waals surface area contributed by atoms with Gasteiger partial charge in [-0.2, -0.15) is 0 Å². The van der Waals surface area contributed by atoms with Crippen LogP contribution in [-0.2, 0) is 4.74 Å². The van der Waals surface area contributed by atoms with Crippen molar-refractivity contribution in [1.29, 1.82) is 0 Å². The summed E-state index contributed by atoms with van der Waals surface area (Å²) in [4.78, 5) is 0. The maximum absolute atomic E-state index is 6.52. The second-order valence-electron chi connectivity index (χ2n) is 16.3. The predicted octanol–water partition coefficient (Wildman–Crippen LogP) is 13.2. The molecule has 0 saturated heterocycles. The van der Waals surface area contributed by atoms with E-state index in [-0.39, 0.29) is 0 Å². The molecular weight excluding hydrogens is 759 g/mol. The summed E-state index contributed by atoms with van der Waals surface area (Å²) in [7, 11) is 0. The van der Waals surface area contributed by atoms with Gasteiger partial charge in [-0.15, -0.1) is 0 Å². The van der Waals surface area contributed by atoms with E-state index in [1.54, 1.807) is 0 Å². The van der Waals surface area contributed by atoms with E-state index in [2.05, 4.69) is 196 Å². The molecule has 62 heavy (non-hydrogen) atoms. The Balaban J connectivity index is 0.930. The van der Waals surface area contributed by atoms with E-state index in [9.17, 15) is 0 Å². The van der Waals surface area contributed by atoms with Crippen molar-refractivity contribution in [2.75, 3.05) is 0 Å². The maximum atomic E-state index is 6.52. The van der Waals surface area contributed by atoms with E-state index < -0.39 is 12.5 Å². The van der Waals surface area contributed by atoms with Crippen LogP contribution in [-0.4, -0.2) is 19.9 Å². The summed E-state index contributed by atoms with van der Waals surface area (Å²) in [5, 5.41) is 7.33. The number of hydrogen-bond donors (Lipinski definition) is 2. The fraction of sp³-hybridized carbons (Fsp3) is 0.0714. The fourth-order valence-corrected chi connectivity index (χ4v) is 9.79. The molecule has 0 bridgehead atoms. The van der Waals surface area contributed by atoms with Crippen LogP contribution in [0, 0.1) is 0 Å². The van der Waals surface area contributed by atoms with Gasteiger partial charge >= 0.3 is 0 Å². The number of allylic oxidation sites excluding steroid dienone is 2. The minimum Gasteiger partial charge on any atom is -0.337 e. The molecule has 1 aliphatic carbocycles. The molecular formula is C56H43N5O. The number of nitrogens with zero attached hydrogens (tertiary/aromatic N) is 3. The van der Waals surface area contributed by atoms with E-state index in [0.717, 1.165) is 52.1 Å². The number of benzene rings is 8. The van der Waals surface area contributed by atoms with Crippen LogP contribution in [0.2, 0.25) is 0 Å². The number of fused-ring (bicyclic) bond motifs is 9. The fourth-order valence-electron chi connectivity index (χ4n) is 9.79. The topological polar surface area (TPSA) is 76.1 Å². The Morgan fingerprint density at radius 1 is 0.387 bits per heavy atom. The van der Waals surface area contributed by atoms with Crippen LogP contribution in [0.25, 0.3) is 93.6 Å². The molecule has 6 heteroatoms. The lowest BCUT2D eigenvalue weighted by atomic mass is 10.0. The highest BCUT2D eigenvalue weighted by Gasteiger charge is 2.20. The highest BCUT2D eigenvalue weighted by atomic mass is 16.5. The van der Waals surface area contributed by atoms with Crippen LogP contribution in [0.4, 0.5) is 0 Å². The van der Waals surface area contributed by atoms with Crippen molar-refractivity contribution in [3.63, 3.8) is 0 Å². The van der Waals surface area contributed by atoms with E-state index >= 15 is 0 Å². The Labute approximate surface area is 358 Å². The molecule has 6 nitrogen and oxygen atoms in total. The largest absolute Gasteiger partial charge is 0.337 e. The molecule has 0 aliphatic heterocycles. The smallest absolute Gasteiger partial charge is 0.134 e. The van der Waals surface area contributed by atoms with Crippen molar-refractivity contribution in [3.05, 3.63) is 211 Å². The zero-order valence-corrected chi connectivity index (χ0v) is 34.0. The van der Waals surface area contributed by atoms with Crippen molar-refractivity contribution in [3.8, 4) is 28.2 Å². The quantitative estimate of drug-likeness (QED) is 0.150. The summed E-state index contributed by atoms with van der Waals surface area (Å²) < 4.78 is 13.2. The molecule has 2 atom stereocenters. The maximum Gasteiger partial charge on any atom is 0.134 e. The highest BCUT2D eigenvalue weighted by molar-refractivity contribution is 6.14. The van der Waals surface area contributed by atoms with Crippen LogP contribution in [0.1, 0.15) is 24.6 Å². The van der Waals surface area contributed by atoms with Gasteiger partial charge in [-0.1, -0.05) is 115 Å². The van der Waals surface area contributed by atoms with Crippen molar-refractivity contribution in [1.82, 2.24) is 13.7 Å². The van der Waals surface area contributed by atoms with Gasteiger partial charge in [0.15, 0.2) is 0 Å². The van der Waals surface area contributed by atoms with E-state index in [1.165, 1.54) is 65.5 Å². The summed E-state index contributed by atoms with van der Waals surface area (Å²) in [6.45, 7) is 0. The van der Waals surface area contributed by atoms with Crippen LogP contribution in [0.15, 0.2) is 206 Å². The third kappa shape index (κ3) is 5.84. The normalized spacial score (nSPS) is 14.1. The molecule has 2 unspecified atom stereocenters. The van der Waals surface area contributed by atoms with Crippen molar-refractivity contribution in [2.24, 2.45) is 11.5 Å². The highest BCUT2D eigenvalue weighted by Crippen LogP contribution is 2.40. The van der Waals surface area contributed by atoms with Crippen molar-refractivity contribution in [2.45, 2.75) is 25.3 Å². The first-order valence-corrected chi connectivity index (χ1v) is 21.4. The summed E-state index contributed by atoms with van der Waals surface area (Å²) in [6.07, 6.45) is 7.07. The second-order valence-corrected chi connectivity index (χ2v) is 16.3. The molecule has 298 valence electrons. The molecule has 3 heterocycles. The Kier molecular flexibility index (Phi) is 8.57. The number of aromatic nitrogens is 3. The average Bonchev–Trinajstić information content (AvgIpc) is 3.97. The van der Waals surface area contributed by atoms with Crippen LogP contribution in [0.3, 0.4) is 0 Å². The molecule has 0 saturated carbocycles. The van der Waals surface area contributed by atoms with Gasteiger partial charge in [0.25, 0.3) is 0 Å². The zero-order chi connectivity index (χ0) is 41.3. The van der Waals surface area contributed by atoms with E-state index in [1.807, 2.05) is 18.2 Å². The van der Waals surface area contributed by atoms with Crippen LogP contribution in [0.5, 0.6) is 0 Å². The van der Waals surface area contributed by atoms with Gasteiger partial charge in [0.1, 0.15) is 12.5 Å². The molecule has 0 fully saturated rings. The van der Waals surface area contributed by atoms with Crippen LogP contribution < -0.4 is 11.5 Å². The number of ether oxygens (including phenoxy) is 1. The Morgan fingerprint density at radius 3 is 1.39 bits per heavy atom. The minimum atomic E-state index is -0.640.